The summed E-state index contributed by atoms with van der Waals surface area (Å²) >= 11 is 1.32. The molecule has 1 N–H and O–H groups in total. The van der Waals surface area contributed by atoms with Gasteiger partial charge in [0.05, 0.1) is 22.8 Å². The number of sulfone groups is 1. The maximum absolute atomic E-state index is 12.6. The van der Waals surface area contributed by atoms with Crippen molar-refractivity contribution in [1.29, 1.82) is 0 Å². The van der Waals surface area contributed by atoms with Crippen LogP contribution in [0.25, 0.3) is 0 Å². The number of nitrogens with one attached hydrogen (secondary N) is 1. The van der Waals surface area contributed by atoms with Crippen LogP contribution in [0.4, 0.5) is 0 Å². The summed E-state index contributed by atoms with van der Waals surface area (Å²) < 4.78 is 28.5. The molecule has 1 aliphatic rings. The maximum atomic E-state index is 12.6. The molecule has 1 fully saturated rings. The van der Waals surface area contributed by atoms with Crippen LogP contribution in [0, 0.1) is 0 Å². The largest absolute Gasteiger partial charge is 0.452 e. The van der Waals surface area contributed by atoms with Gasteiger partial charge in [-0.1, -0.05) is 6.07 Å². The quantitative estimate of drug-likeness (QED) is 0.378. The lowest BCUT2D eigenvalue weighted by atomic mass is 10.2. The first-order valence-electron chi connectivity index (χ1n) is 10.2. The van der Waals surface area contributed by atoms with Crippen molar-refractivity contribution in [1.82, 2.24) is 10.2 Å². The molecule has 0 bridgehead atoms. The SMILES string of the molecule is CCN(C(=O)[C@@H](C)OC(=O)CCNC(=O)CCC(=O)c1cccs1)[C@@H]1CCS(=O)(=O)C1. The van der Waals surface area contributed by atoms with E-state index in [-0.39, 0.29) is 49.0 Å². The van der Waals surface area contributed by atoms with E-state index in [1.165, 1.54) is 23.2 Å². The van der Waals surface area contributed by atoms with Crippen LogP contribution in [-0.4, -0.2) is 73.6 Å². The second-order valence-corrected chi connectivity index (χ2v) is 10.5. The van der Waals surface area contributed by atoms with Crippen LogP contribution in [0.3, 0.4) is 0 Å². The molecular formula is C20H28N2O7S2. The van der Waals surface area contributed by atoms with Crippen LogP contribution in [0.1, 0.15) is 49.2 Å². The molecule has 1 aromatic rings. The number of ketones is 1. The number of carbonyl (C=O) groups excluding carboxylic acids is 4. The molecule has 0 aromatic carbocycles. The molecule has 2 atom stereocenters. The molecule has 0 saturated carbocycles. The van der Waals surface area contributed by atoms with Gasteiger partial charge in [0, 0.05) is 32.0 Å². The minimum atomic E-state index is -3.14. The first-order chi connectivity index (χ1) is 14.6. The third-order valence-corrected chi connectivity index (χ3v) is 7.62. The lowest BCUT2D eigenvalue weighted by Crippen LogP contribution is -2.46. The number of amides is 2. The summed E-state index contributed by atoms with van der Waals surface area (Å²) in [5, 5.41) is 4.35. The highest BCUT2D eigenvalue weighted by molar-refractivity contribution is 7.91. The van der Waals surface area contributed by atoms with E-state index in [4.69, 9.17) is 4.74 Å². The predicted molar refractivity (Wildman–Crippen MR) is 116 cm³/mol. The number of rotatable bonds is 11. The Balaban J connectivity index is 1.69. The Morgan fingerprint density at radius 3 is 2.58 bits per heavy atom. The standard InChI is InChI=1S/C20H28N2O7S2/c1-3-22(15-9-12-31(27,28)13-15)20(26)14(2)29-19(25)8-10-21-18(24)7-6-16(23)17-5-4-11-30-17/h4-5,11,14-15H,3,6-10,12-13H2,1-2H3,(H,21,24)/t14-,15-/m1/s1. The minimum absolute atomic E-state index is 0.0242. The number of hydrogen-bond donors (Lipinski definition) is 1. The average Bonchev–Trinajstić information content (AvgIpc) is 3.36. The second kappa shape index (κ2) is 11.4. The molecule has 172 valence electrons. The van der Waals surface area contributed by atoms with Crippen molar-refractivity contribution in [3.8, 4) is 0 Å². The number of esters is 1. The summed E-state index contributed by atoms with van der Waals surface area (Å²) in [6.07, 6.45) is -0.673. The summed E-state index contributed by atoms with van der Waals surface area (Å²) in [7, 11) is -3.14. The Morgan fingerprint density at radius 2 is 2.00 bits per heavy atom. The van der Waals surface area contributed by atoms with E-state index < -0.39 is 33.9 Å². The van der Waals surface area contributed by atoms with E-state index in [0.29, 0.717) is 17.8 Å². The summed E-state index contributed by atoms with van der Waals surface area (Å²) in [4.78, 5) is 50.3. The Labute approximate surface area is 186 Å². The van der Waals surface area contributed by atoms with Gasteiger partial charge < -0.3 is 15.0 Å². The van der Waals surface area contributed by atoms with Crippen LogP contribution in [-0.2, 0) is 29.0 Å². The average molecular weight is 473 g/mol. The molecule has 2 amide bonds. The summed E-state index contributed by atoms with van der Waals surface area (Å²) in [5.74, 6) is -1.56. The topological polar surface area (TPSA) is 127 Å². The van der Waals surface area contributed by atoms with Crippen molar-refractivity contribution < 1.29 is 32.3 Å². The molecule has 1 aromatic heterocycles. The highest BCUT2D eigenvalue weighted by Crippen LogP contribution is 2.19. The molecule has 0 aliphatic carbocycles. The lowest BCUT2D eigenvalue weighted by Gasteiger charge is -2.29. The van der Waals surface area contributed by atoms with Crippen molar-refractivity contribution in [3.05, 3.63) is 22.4 Å². The summed E-state index contributed by atoms with van der Waals surface area (Å²) in [5.41, 5.74) is 0. The molecule has 0 unspecified atom stereocenters. The first-order valence-corrected chi connectivity index (χ1v) is 12.9. The predicted octanol–water partition coefficient (Wildman–Crippen LogP) is 1.18. The fourth-order valence-electron chi connectivity index (χ4n) is 3.34. The van der Waals surface area contributed by atoms with Gasteiger partial charge in [0.1, 0.15) is 0 Å². The molecule has 11 heteroatoms. The monoisotopic (exact) mass is 472 g/mol. The molecule has 1 aliphatic heterocycles. The molecule has 1 saturated heterocycles. The van der Waals surface area contributed by atoms with Crippen molar-refractivity contribution in [2.75, 3.05) is 24.6 Å². The third kappa shape index (κ3) is 7.73. The van der Waals surface area contributed by atoms with Gasteiger partial charge >= 0.3 is 5.97 Å². The van der Waals surface area contributed by atoms with E-state index in [2.05, 4.69) is 5.32 Å². The van der Waals surface area contributed by atoms with Gasteiger partial charge in [-0.3, -0.25) is 19.2 Å². The second-order valence-electron chi connectivity index (χ2n) is 7.31. The Kier molecular flexibility index (Phi) is 9.17. The molecule has 0 spiro atoms. The number of likely N-dealkylation sites (N-methyl/N-ethyl adjacent to an activating group) is 1. The maximum Gasteiger partial charge on any atom is 0.308 e. The van der Waals surface area contributed by atoms with Gasteiger partial charge in [0.2, 0.25) is 5.91 Å². The van der Waals surface area contributed by atoms with E-state index >= 15 is 0 Å². The van der Waals surface area contributed by atoms with Gasteiger partial charge in [0.25, 0.3) is 5.91 Å². The Hall–Kier alpha value is -2.27. The number of thiophene rings is 1. The van der Waals surface area contributed by atoms with Crippen LogP contribution >= 0.6 is 11.3 Å². The first kappa shape index (κ1) is 25.0. The Bertz CT molecular complexity index is 897. The van der Waals surface area contributed by atoms with Gasteiger partial charge in [0.15, 0.2) is 21.7 Å². The van der Waals surface area contributed by atoms with Gasteiger partial charge in [-0.2, -0.15) is 0 Å². The highest BCUT2D eigenvalue weighted by atomic mass is 32.2. The fraction of sp³-hybridized carbons (Fsp3) is 0.600. The van der Waals surface area contributed by atoms with Crippen LogP contribution in [0.15, 0.2) is 17.5 Å². The number of carbonyl (C=O) groups is 4. The third-order valence-electron chi connectivity index (χ3n) is 4.96. The Morgan fingerprint density at radius 1 is 1.26 bits per heavy atom. The molecular weight excluding hydrogens is 444 g/mol. The zero-order chi connectivity index (χ0) is 23.0. The van der Waals surface area contributed by atoms with Gasteiger partial charge in [-0.05, 0) is 31.7 Å². The summed E-state index contributed by atoms with van der Waals surface area (Å²) in [6, 6.07) is 3.07. The number of ether oxygens (including phenoxy) is 1. The molecule has 0 radical (unpaired) electrons. The minimum Gasteiger partial charge on any atom is -0.452 e. The zero-order valence-electron chi connectivity index (χ0n) is 17.7. The van der Waals surface area contributed by atoms with Crippen LogP contribution in [0.5, 0.6) is 0 Å². The zero-order valence-corrected chi connectivity index (χ0v) is 19.3. The van der Waals surface area contributed by atoms with Gasteiger partial charge in [-0.15, -0.1) is 11.3 Å². The van der Waals surface area contributed by atoms with E-state index in [1.807, 2.05) is 0 Å². The van der Waals surface area contributed by atoms with E-state index in [9.17, 15) is 27.6 Å². The molecule has 9 nitrogen and oxygen atoms in total. The molecule has 2 heterocycles. The van der Waals surface area contributed by atoms with Crippen molar-refractivity contribution in [3.63, 3.8) is 0 Å². The molecule has 2 rings (SSSR count). The van der Waals surface area contributed by atoms with Crippen molar-refractivity contribution >= 4 is 44.7 Å². The van der Waals surface area contributed by atoms with Gasteiger partial charge in [-0.25, -0.2) is 8.42 Å². The van der Waals surface area contributed by atoms with Crippen LogP contribution < -0.4 is 5.32 Å². The normalized spacial score (nSPS) is 18.2. The lowest BCUT2D eigenvalue weighted by molar-refractivity contribution is -0.159. The van der Waals surface area contributed by atoms with E-state index in [1.54, 1.807) is 24.4 Å². The smallest absolute Gasteiger partial charge is 0.308 e. The number of hydrogen-bond acceptors (Lipinski definition) is 8. The fourth-order valence-corrected chi connectivity index (χ4v) is 5.76. The molecule has 31 heavy (non-hydrogen) atoms. The number of nitrogens with zero attached hydrogens (tertiary/aromatic N) is 1. The van der Waals surface area contributed by atoms with Crippen molar-refractivity contribution in [2.24, 2.45) is 0 Å². The van der Waals surface area contributed by atoms with Crippen molar-refractivity contribution in [2.45, 2.75) is 51.7 Å². The van der Waals surface area contributed by atoms with Crippen LogP contribution in [0.2, 0.25) is 0 Å². The number of Topliss-reactive ketones (excluding diaryl/α,β-unsaturated/α-hetero) is 1. The highest BCUT2D eigenvalue weighted by Gasteiger charge is 2.36. The summed E-state index contributed by atoms with van der Waals surface area (Å²) in [6.45, 7) is 3.54. The van der Waals surface area contributed by atoms with E-state index in [0.717, 1.165) is 0 Å².